The smallest absolute Gasteiger partial charge is 0.207 e. The monoisotopic (exact) mass is 230 g/mol. The van der Waals surface area contributed by atoms with E-state index in [1.54, 1.807) is 24.3 Å². The highest BCUT2D eigenvalue weighted by molar-refractivity contribution is 8.13. The molecule has 0 fully saturated rings. The minimum atomic E-state index is -3.63. The highest BCUT2D eigenvalue weighted by Crippen LogP contribution is 2.20. The largest absolute Gasteiger partial charge is 0.261 e. The van der Waals surface area contributed by atoms with Crippen LogP contribution in [0.5, 0.6) is 0 Å². The Hall–Kier alpha value is -0.800. The summed E-state index contributed by atoms with van der Waals surface area (Å²) in [7, 11) is 1.66. The average molecular weight is 231 g/mol. The summed E-state index contributed by atoms with van der Waals surface area (Å²) in [5, 5.41) is 0. The van der Waals surface area contributed by atoms with Crippen LogP contribution in [-0.2, 0) is 15.5 Å². The van der Waals surface area contributed by atoms with E-state index < -0.39 is 9.05 Å². The predicted molar refractivity (Wildman–Crippen MR) is 58.0 cm³/mol. The fourth-order valence-corrected chi connectivity index (χ4v) is 2.38. The number of benzene rings is 1. The molecular formula is C10H11ClO2S. The van der Waals surface area contributed by atoms with Crippen LogP contribution in [0.4, 0.5) is 0 Å². The summed E-state index contributed by atoms with van der Waals surface area (Å²) in [5.74, 6) is 0. The van der Waals surface area contributed by atoms with Gasteiger partial charge in [0.25, 0.3) is 9.05 Å². The van der Waals surface area contributed by atoms with E-state index in [0.717, 1.165) is 12.0 Å². The van der Waals surface area contributed by atoms with Gasteiger partial charge in [-0.15, -0.1) is 6.58 Å². The van der Waals surface area contributed by atoms with Crippen molar-refractivity contribution in [1.29, 1.82) is 0 Å². The first-order chi connectivity index (χ1) is 6.55. The quantitative estimate of drug-likeness (QED) is 0.589. The number of halogens is 1. The summed E-state index contributed by atoms with van der Waals surface area (Å²) in [6, 6.07) is 6.73. The van der Waals surface area contributed by atoms with E-state index in [9.17, 15) is 8.42 Å². The number of hydrogen-bond acceptors (Lipinski definition) is 2. The molecule has 0 unspecified atom stereocenters. The fourth-order valence-electron chi connectivity index (χ4n) is 1.21. The van der Waals surface area contributed by atoms with Gasteiger partial charge >= 0.3 is 0 Å². The summed E-state index contributed by atoms with van der Waals surface area (Å²) in [6.07, 6.45) is 3.13. The van der Waals surface area contributed by atoms with E-state index in [-0.39, 0.29) is 4.90 Å². The van der Waals surface area contributed by atoms with E-state index in [1.807, 2.05) is 0 Å². The van der Waals surface area contributed by atoms with Crippen molar-refractivity contribution >= 4 is 19.7 Å². The van der Waals surface area contributed by atoms with Gasteiger partial charge in [0.1, 0.15) is 0 Å². The van der Waals surface area contributed by atoms with Crippen molar-refractivity contribution in [3.8, 4) is 0 Å². The Labute approximate surface area is 88.6 Å². The Balaban J connectivity index is 3.10. The molecule has 0 N–H and O–H groups in total. The van der Waals surface area contributed by atoms with Crippen molar-refractivity contribution in [2.45, 2.75) is 17.7 Å². The van der Waals surface area contributed by atoms with Crippen molar-refractivity contribution < 1.29 is 8.42 Å². The molecule has 0 radical (unpaired) electrons. The van der Waals surface area contributed by atoms with Crippen LogP contribution in [0.3, 0.4) is 0 Å². The third-order valence-corrected chi connectivity index (χ3v) is 3.28. The molecule has 14 heavy (non-hydrogen) atoms. The summed E-state index contributed by atoms with van der Waals surface area (Å²) in [4.78, 5) is 0.198. The SMILES string of the molecule is C=CCCc1ccccc1S(=O)(=O)Cl. The molecule has 0 aliphatic carbocycles. The Bertz CT molecular complexity index is 424. The highest BCUT2D eigenvalue weighted by atomic mass is 35.7. The molecule has 0 aliphatic heterocycles. The summed E-state index contributed by atoms with van der Waals surface area (Å²) in [6.45, 7) is 3.59. The normalized spacial score (nSPS) is 11.2. The van der Waals surface area contributed by atoms with E-state index in [0.29, 0.717) is 6.42 Å². The maximum absolute atomic E-state index is 11.2. The van der Waals surface area contributed by atoms with Gasteiger partial charge in [0.05, 0.1) is 4.90 Å². The summed E-state index contributed by atoms with van der Waals surface area (Å²) >= 11 is 0. The zero-order valence-corrected chi connectivity index (χ0v) is 9.18. The van der Waals surface area contributed by atoms with Crippen molar-refractivity contribution in [2.75, 3.05) is 0 Å². The molecule has 0 aromatic heterocycles. The van der Waals surface area contributed by atoms with Gasteiger partial charge < -0.3 is 0 Å². The lowest BCUT2D eigenvalue weighted by atomic mass is 10.1. The molecule has 2 nitrogen and oxygen atoms in total. The van der Waals surface area contributed by atoms with Gasteiger partial charge in [0, 0.05) is 10.7 Å². The summed E-state index contributed by atoms with van der Waals surface area (Å²) < 4.78 is 22.3. The van der Waals surface area contributed by atoms with Crippen LogP contribution in [0, 0.1) is 0 Å². The zero-order valence-electron chi connectivity index (χ0n) is 7.61. The summed E-state index contributed by atoms with van der Waals surface area (Å²) in [5.41, 5.74) is 0.738. The van der Waals surface area contributed by atoms with Gasteiger partial charge in [-0.25, -0.2) is 8.42 Å². The van der Waals surface area contributed by atoms with Crippen molar-refractivity contribution in [1.82, 2.24) is 0 Å². The average Bonchev–Trinajstić information content (AvgIpc) is 2.14. The van der Waals surface area contributed by atoms with Crippen molar-refractivity contribution in [3.05, 3.63) is 42.5 Å². The van der Waals surface area contributed by atoms with Crippen molar-refractivity contribution in [3.63, 3.8) is 0 Å². The molecular weight excluding hydrogens is 220 g/mol. The standard InChI is InChI=1S/C10H11ClO2S/c1-2-3-6-9-7-4-5-8-10(9)14(11,12)13/h2,4-5,7-8H,1,3,6H2. The zero-order chi connectivity index (χ0) is 10.6. The molecule has 1 aromatic carbocycles. The molecule has 76 valence electrons. The number of allylic oxidation sites excluding steroid dienone is 1. The molecule has 0 bridgehead atoms. The van der Waals surface area contributed by atoms with Crippen LogP contribution in [0.15, 0.2) is 41.8 Å². The molecule has 0 atom stereocenters. The van der Waals surface area contributed by atoms with E-state index in [4.69, 9.17) is 10.7 Å². The maximum Gasteiger partial charge on any atom is 0.261 e. The Kier molecular flexibility index (Phi) is 3.72. The minimum Gasteiger partial charge on any atom is -0.207 e. The van der Waals surface area contributed by atoms with Crippen LogP contribution in [0.25, 0.3) is 0 Å². The lowest BCUT2D eigenvalue weighted by molar-refractivity contribution is 0.608. The topological polar surface area (TPSA) is 34.1 Å². The number of hydrogen-bond donors (Lipinski definition) is 0. The fraction of sp³-hybridized carbons (Fsp3) is 0.200. The molecule has 1 aromatic rings. The van der Waals surface area contributed by atoms with Crippen molar-refractivity contribution in [2.24, 2.45) is 0 Å². The first-order valence-corrected chi connectivity index (χ1v) is 6.50. The third kappa shape index (κ3) is 2.86. The van der Waals surface area contributed by atoms with Gasteiger partial charge in [-0.05, 0) is 24.5 Å². The van der Waals surface area contributed by atoms with Gasteiger partial charge in [-0.1, -0.05) is 24.3 Å². The minimum absolute atomic E-state index is 0.198. The van der Waals surface area contributed by atoms with Gasteiger partial charge in [-0.3, -0.25) is 0 Å². The van der Waals surface area contributed by atoms with Crippen LogP contribution in [0.2, 0.25) is 0 Å². The number of aryl methyl sites for hydroxylation is 1. The van der Waals surface area contributed by atoms with Gasteiger partial charge in [0.2, 0.25) is 0 Å². The van der Waals surface area contributed by atoms with E-state index in [2.05, 4.69) is 6.58 Å². The molecule has 0 saturated heterocycles. The van der Waals surface area contributed by atoms with E-state index >= 15 is 0 Å². The molecule has 0 heterocycles. The molecule has 1 rings (SSSR count). The van der Waals surface area contributed by atoms with Crippen LogP contribution >= 0.6 is 10.7 Å². The lowest BCUT2D eigenvalue weighted by Crippen LogP contribution is -1.97. The Morgan fingerprint density at radius 3 is 2.57 bits per heavy atom. The van der Waals surface area contributed by atoms with E-state index in [1.165, 1.54) is 6.07 Å². The van der Waals surface area contributed by atoms with Crippen LogP contribution in [0.1, 0.15) is 12.0 Å². The van der Waals surface area contributed by atoms with Gasteiger partial charge in [0.15, 0.2) is 0 Å². The third-order valence-electron chi connectivity index (χ3n) is 1.85. The number of rotatable bonds is 4. The van der Waals surface area contributed by atoms with Gasteiger partial charge in [-0.2, -0.15) is 0 Å². The Morgan fingerprint density at radius 1 is 1.36 bits per heavy atom. The molecule has 0 amide bonds. The maximum atomic E-state index is 11.2. The second-order valence-electron chi connectivity index (χ2n) is 2.87. The highest BCUT2D eigenvalue weighted by Gasteiger charge is 2.13. The predicted octanol–water partition coefficient (Wildman–Crippen LogP) is 2.73. The second kappa shape index (κ2) is 4.62. The lowest BCUT2D eigenvalue weighted by Gasteiger charge is -2.04. The first kappa shape index (κ1) is 11.3. The molecule has 0 saturated carbocycles. The first-order valence-electron chi connectivity index (χ1n) is 4.19. The molecule has 0 spiro atoms. The molecule has 4 heteroatoms. The van der Waals surface area contributed by atoms with Crippen LogP contribution < -0.4 is 0 Å². The Morgan fingerprint density at radius 2 is 2.00 bits per heavy atom. The second-order valence-corrected chi connectivity index (χ2v) is 5.41. The van der Waals surface area contributed by atoms with Crippen LogP contribution in [-0.4, -0.2) is 8.42 Å². The molecule has 0 aliphatic rings.